The van der Waals surface area contributed by atoms with E-state index in [2.05, 4.69) is 28.7 Å². The Kier molecular flexibility index (Phi) is 2.23. The summed E-state index contributed by atoms with van der Waals surface area (Å²) in [5.74, 6) is 1.12. The van der Waals surface area contributed by atoms with Crippen molar-refractivity contribution < 1.29 is 0 Å². The number of fused-ring (bicyclic) bond motifs is 2. The summed E-state index contributed by atoms with van der Waals surface area (Å²) in [6.07, 6.45) is 2.37. The second kappa shape index (κ2) is 3.75. The van der Waals surface area contributed by atoms with Crippen molar-refractivity contribution in [2.45, 2.75) is 11.4 Å². The molecule has 1 aromatic carbocycles. The van der Waals surface area contributed by atoms with Crippen LogP contribution < -0.4 is 0 Å². The number of imidazole rings is 1. The number of rotatable bonds is 0. The van der Waals surface area contributed by atoms with Crippen molar-refractivity contribution in [3.05, 3.63) is 41.9 Å². The standard InChI is InChI=1S/C12H8N4S/c13-6-11-14-9-4-2-1-3-8(9)5-10-15-12(17)7-16(10)11/h1-4,7,17H,5H2. The Morgan fingerprint density at radius 2 is 2.18 bits per heavy atom. The van der Waals surface area contributed by atoms with E-state index in [0.717, 1.165) is 17.1 Å². The van der Waals surface area contributed by atoms with Gasteiger partial charge in [-0.15, -0.1) is 12.6 Å². The molecular formula is C12H8N4S. The Labute approximate surface area is 104 Å². The molecule has 0 atom stereocenters. The minimum absolute atomic E-state index is 0.331. The average Bonchev–Trinajstić information content (AvgIpc) is 2.62. The molecule has 0 bridgehead atoms. The Balaban J connectivity index is 2.28. The van der Waals surface area contributed by atoms with E-state index in [1.54, 1.807) is 10.8 Å². The molecule has 1 aliphatic rings. The van der Waals surface area contributed by atoms with Gasteiger partial charge >= 0.3 is 0 Å². The maximum absolute atomic E-state index is 9.14. The van der Waals surface area contributed by atoms with Gasteiger partial charge in [0.25, 0.3) is 0 Å². The lowest BCUT2D eigenvalue weighted by atomic mass is 10.1. The van der Waals surface area contributed by atoms with Crippen LogP contribution in [-0.4, -0.2) is 15.4 Å². The maximum atomic E-state index is 9.14. The Hall–Kier alpha value is -2.06. The van der Waals surface area contributed by atoms with Crippen LogP contribution in [0.5, 0.6) is 0 Å². The summed E-state index contributed by atoms with van der Waals surface area (Å²) in [5.41, 5.74) is 1.90. The van der Waals surface area contributed by atoms with E-state index >= 15 is 0 Å². The minimum Gasteiger partial charge on any atom is -0.277 e. The topological polar surface area (TPSA) is 54.0 Å². The SMILES string of the molecule is N#CC1=Nc2ccccc2Cc2nc(S)cn21. The van der Waals surface area contributed by atoms with Gasteiger partial charge in [0.1, 0.15) is 16.9 Å². The number of aromatic nitrogens is 2. The molecule has 5 heteroatoms. The number of hydrogen-bond donors (Lipinski definition) is 1. The van der Waals surface area contributed by atoms with E-state index in [-0.39, 0.29) is 0 Å². The fourth-order valence-corrected chi connectivity index (χ4v) is 2.13. The van der Waals surface area contributed by atoms with Gasteiger partial charge in [-0.3, -0.25) is 4.57 Å². The Morgan fingerprint density at radius 3 is 3.00 bits per heavy atom. The summed E-state index contributed by atoms with van der Waals surface area (Å²) in [4.78, 5) is 8.66. The lowest BCUT2D eigenvalue weighted by Crippen LogP contribution is -2.10. The maximum Gasteiger partial charge on any atom is 0.218 e. The molecule has 0 aliphatic carbocycles. The molecule has 1 aromatic heterocycles. The predicted octanol–water partition coefficient (Wildman–Crippen LogP) is 2.18. The molecule has 82 valence electrons. The lowest BCUT2D eigenvalue weighted by molar-refractivity contribution is 0.960. The molecular weight excluding hydrogens is 232 g/mol. The van der Waals surface area contributed by atoms with Crippen molar-refractivity contribution in [3.63, 3.8) is 0 Å². The highest BCUT2D eigenvalue weighted by molar-refractivity contribution is 7.80. The van der Waals surface area contributed by atoms with Gasteiger partial charge in [0.05, 0.1) is 5.69 Å². The fourth-order valence-electron chi connectivity index (χ4n) is 1.90. The molecule has 0 radical (unpaired) electrons. The van der Waals surface area contributed by atoms with Gasteiger partial charge in [-0.2, -0.15) is 5.26 Å². The molecule has 0 N–H and O–H groups in total. The summed E-state index contributed by atoms with van der Waals surface area (Å²) in [5, 5.41) is 9.74. The first kappa shape index (κ1) is 10.1. The molecule has 2 heterocycles. The number of benzene rings is 1. The first-order valence-electron chi connectivity index (χ1n) is 5.12. The fraction of sp³-hybridized carbons (Fsp3) is 0.0833. The number of hydrogen-bond acceptors (Lipinski definition) is 4. The Morgan fingerprint density at radius 1 is 1.35 bits per heavy atom. The first-order valence-corrected chi connectivity index (χ1v) is 5.57. The van der Waals surface area contributed by atoms with Crippen molar-refractivity contribution in [3.8, 4) is 6.07 Å². The van der Waals surface area contributed by atoms with Gasteiger partial charge in [-0.05, 0) is 11.6 Å². The highest BCUT2D eigenvalue weighted by Crippen LogP contribution is 2.25. The van der Waals surface area contributed by atoms with Crippen LogP contribution >= 0.6 is 12.6 Å². The minimum atomic E-state index is 0.331. The van der Waals surface area contributed by atoms with E-state index in [1.165, 1.54) is 0 Å². The van der Waals surface area contributed by atoms with Gasteiger partial charge < -0.3 is 0 Å². The van der Waals surface area contributed by atoms with Crippen LogP contribution in [0.25, 0.3) is 0 Å². The highest BCUT2D eigenvalue weighted by atomic mass is 32.1. The van der Waals surface area contributed by atoms with Crippen molar-refractivity contribution in [1.29, 1.82) is 5.26 Å². The number of aliphatic imine (C=N–C) groups is 1. The van der Waals surface area contributed by atoms with Crippen LogP contribution in [0.1, 0.15) is 11.4 Å². The van der Waals surface area contributed by atoms with Crippen LogP contribution in [0.4, 0.5) is 5.69 Å². The number of nitriles is 1. The van der Waals surface area contributed by atoms with E-state index in [9.17, 15) is 0 Å². The second-order valence-electron chi connectivity index (χ2n) is 3.74. The largest absolute Gasteiger partial charge is 0.277 e. The summed E-state index contributed by atoms with van der Waals surface area (Å²) in [7, 11) is 0. The van der Waals surface area contributed by atoms with E-state index in [0.29, 0.717) is 17.3 Å². The van der Waals surface area contributed by atoms with Gasteiger partial charge in [0.2, 0.25) is 5.84 Å². The van der Waals surface area contributed by atoms with Crippen molar-refractivity contribution in [2.24, 2.45) is 4.99 Å². The van der Waals surface area contributed by atoms with Gasteiger partial charge in [-0.25, -0.2) is 9.98 Å². The average molecular weight is 240 g/mol. The predicted molar refractivity (Wildman–Crippen MR) is 66.8 cm³/mol. The summed E-state index contributed by atoms with van der Waals surface area (Å²) in [6, 6.07) is 9.86. The number of thiol groups is 1. The van der Waals surface area contributed by atoms with Crippen molar-refractivity contribution >= 4 is 24.2 Å². The zero-order chi connectivity index (χ0) is 11.8. The summed E-state index contributed by atoms with van der Waals surface area (Å²) in [6.45, 7) is 0. The second-order valence-corrected chi connectivity index (χ2v) is 4.20. The van der Waals surface area contributed by atoms with Crippen LogP contribution in [-0.2, 0) is 6.42 Å². The molecule has 0 unspecified atom stereocenters. The highest BCUT2D eigenvalue weighted by Gasteiger charge is 2.17. The van der Waals surface area contributed by atoms with Crippen LogP contribution in [0.3, 0.4) is 0 Å². The van der Waals surface area contributed by atoms with Crippen LogP contribution in [0.15, 0.2) is 40.5 Å². The first-order chi connectivity index (χ1) is 8.28. The van der Waals surface area contributed by atoms with Crippen molar-refractivity contribution in [2.75, 3.05) is 0 Å². The zero-order valence-corrected chi connectivity index (χ0v) is 9.72. The third kappa shape index (κ3) is 1.63. The van der Waals surface area contributed by atoms with Crippen molar-refractivity contribution in [1.82, 2.24) is 9.55 Å². The molecule has 0 amide bonds. The number of nitrogens with zero attached hydrogens (tertiary/aromatic N) is 4. The summed E-state index contributed by atoms with van der Waals surface area (Å²) < 4.78 is 1.70. The van der Waals surface area contributed by atoms with E-state index < -0.39 is 0 Å². The molecule has 0 spiro atoms. The molecule has 1 aliphatic heterocycles. The van der Waals surface area contributed by atoms with Crippen LogP contribution in [0.2, 0.25) is 0 Å². The molecule has 3 rings (SSSR count). The lowest BCUT2D eigenvalue weighted by Gasteiger charge is -2.00. The van der Waals surface area contributed by atoms with Crippen LogP contribution in [0, 0.1) is 11.3 Å². The smallest absolute Gasteiger partial charge is 0.218 e. The van der Waals surface area contributed by atoms with E-state index in [1.807, 2.05) is 24.3 Å². The number of para-hydroxylation sites is 1. The normalized spacial score (nSPS) is 13.1. The molecule has 2 aromatic rings. The molecule has 17 heavy (non-hydrogen) atoms. The Bertz CT molecular complexity index is 663. The summed E-state index contributed by atoms with van der Waals surface area (Å²) >= 11 is 4.20. The third-order valence-electron chi connectivity index (χ3n) is 2.66. The molecule has 0 fully saturated rings. The van der Waals surface area contributed by atoms with Gasteiger partial charge in [0, 0.05) is 12.6 Å². The van der Waals surface area contributed by atoms with E-state index in [4.69, 9.17) is 5.26 Å². The quantitative estimate of drug-likeness (QED) is 0.717. The van der Waals surface area contributed by atoms with Gasteiger partial charge in [-0.1, -0.05) is 18.2 Å². The molecule has 4 nitrogen and oxygen atoms in total. The monoisotopic (exact) mass is 240 g/mol. The third-order valence-corrected chi connectivity index (χ3v) is 2.88. The molecule has 0 saturated carbocycles. The zero-order valence-electron chi connectivity index (χ0n) is 8.83. The molecule has 0 saturated heterocycles. The van der Waals surface area contributed by atoms with Gasteiger partial charge in [0.15, 0.2) is 0 Å².